The third-order valence-corrected chi connectivity index (χ3v) is 3.09. The Bertz CT molecular complexity index is 793. The number of aryl methyl sites for hydroxylation is 1. The number of aromatic nitrogens is 3. The summed E-state index contributed by atoms with van der Waals surface area (Å²) >= 11 is 0. The van der Waals surface area contributed by atoms with Crippen LogP contribution in [0.3, 0.4) is 0 Å². The van der Waals surface area contributed by atoms with E-state index in [9.17, 15) is 4.79 Å². The first-order valence-corrected chi connectivity index (χ1v) is 6.08. The van der Waals surface area contributed by atoms with E-state index in [1.165, 1.54) is 12.4 Å². The SMILES string of the molecule is Cn1ccc2ccc(NC(=O)c3nccnc3N)cc21. The fourth-order valence-corrected chi connectivity index (χ4v) is 2.05. The molecule has 0 spiro atoms. The fraction of sp³-hybridized carbons (Fsp3) is 0.0714. The molecule has 0 bridgehead atoms. The number of rotatable bonds is 2. The standard InChI is InChI=1S/C14H13N5O/c1-19-7-4-9-2-3-10(8-11(9)19)18-14(20)12-13(15)17-6-5-16-12/h2-8H,1H3,(H2,15,17)(H,18,20). The average molecular weight is 267 g/mol. The van der Waals surface area contributed by atoms with E-state index in [0.717, 1.165) is 10.9 Å². The molecule has 3 N–H and O–H groups in total. The number of nitrogens with two attached hydrogens (primary N) is 1. The first kappa shape index (κ1) is 12.2. The Balaban J connectivity index is 1.91. The van der Waals surface area contributed by atoms with Crippen molar-refractivity contribution in [3.05, 3.63) is 48.5 Å². The topological polar surface area (TPSA) is 85.8 Å². The summed E-state index contributed by atoms with van der Waals surface area (Å²) in [4.78, 5) is 19.9. The third kappa shape index (κ3) is 2.07. The Labute approximate surface area is 115 Å². The van der Waals surface area contributed by atoms with E-state index in [0.29, 0.717) is 5.69 Å². The highest BCUT2D eigenvalue weighted by Crippen LogP contribution is 2.20. The monoisotopic (exact) mass is 267 g/mol. The molecule has 0 aliphatic heterocycles. The van der Waals surface area contributed by atoms with Gasteiger partial charge in [-0.1, -0.05) is 6.07 Å². The number of hydrogen-bond donors (Lipinski definition) is 2. The summed E-state index contributed by atoms with van der Waals surface area (Å²) < 4.78 is 1.99. The fourth-order valence-electron chi connectivity index (χ4n) is 2.05. The molecular formula is C14H13N5O. The van der Waals surface area contributed by atoms with Crippen molar-refractivity contribution in [1.82, 2.24) is 14.5 Å². The van der Waals surface area contributed by atoms with Gasteiger partial charge in [-0.3, -0.25) is 4.79 Å². The summed E-state index contributed by atoms with van der Waals surface area (Å²) in [5, 5.41) is 3.89. The molecule has 0 aliphatic carbocycles. The van der Waals surface area contributed by atoms with Crippen LogP contribution >= 0.6 is 0 Å². The minimum atomic E-state index is -0.371. The number of nitrogens with one attached hydrogen (secondary N) is 1. The van der Waals surface area contributed by atoms with Crippen LogP contribution in [0, 0.1) is 0 Å². The van der Waals surface area contributed by atoms with Crippen molar-refractivity contribution in [3.63, 3.8) is 0 Å². The van der Waals surface area contributed by atoms with E-state index in [4.69, 9.17) is 5.73 Å². The molecule has 2 heterocycles. The second-order valence-electron chi connectivity index (χ2n) is 4.44. The Morgan fingerprint density at radius 3 is 2.85 bits per heavy atom. The summed E-state index contributed by atoms with van der Waals surface area (Å²) in [6, 6.07) is 7.71. The first-order valence-electron chi connectivity index (χ1n) is 6.08. The number of carbonyl (C=O) groups excluding carboxylic acids is 1. The van der Waals surface area contributed by atoms with Gasteiger partial charge in [0.05, 0.1) is 0 Å². The molecule has 20 heavy (non-hydrogen) atoms. The number of benzene rings is 1. The smallest absolute Gasteiger partial charge is 0.278 e. The normalized spacial score (nSPS) is 10.7. The quantitative estimate of drug-likeness (QED) is 0.741. The van der Waals surface area contributed by atoms with Crippen LogP contribution in [0.15, 0.2) is 42.9 Å². The molecule has 1 amide bonds. The molecule has 6 heteroatoms. The number of anilines is 2. The number of hydrogen-bond acceptors (Lipinski definition) is 4. The lowest BCUT2D eigenvalue weighted by Crippen LogP contribution is -2.16. The molecule has 6 nitrogen and oxygen atoms in total. The van der Waals surface area contributed by atoms with E-state index < -0.39 is 0 Å². The van der Waals surface area contributed by atoms with Crippen LogP contribution in [0.25, 0.3) is 10.9 Å². The van der Waals surface area contributed by atoms with Gasteiger partial charge >= 0.3 is 0 Å². The molecule has 0 saturated heterocycles. The Hall–Kier alpha value is -2.89. The maximum Gasteiger partial charge on any atom is 0.278 e. The van der Waals surface area contributed by atoms with E-state index in [-0.39, 0.29) is 17.4 Å². The van der Waals surface area contributed by atoms with Crippen molar-refractivity contribution < 1.29 is 4.79 Å². The van der Waals surface area contributed by atoms with Gasteiger partial charge in [-0.25, -0.2) is 9.97 Å². The molecule has 100 valence electrons. The van der Waals surface area contributed by atoms with Crippen LogP contribution < -0.4 is 11.1 Å². The maximum absolute atomic E-state index is 12.1. The largest absolute Gasteiger partial charge is 0.382 e. The van der Waals surface area contributed by atoms with E-state index in [1.54, 1.807) is 0 Å². The molecule has 0 saturated carbocycles. The van der Waals surface area contributed by atoms with E-state index >= 15 is 0 Å². The summed E-state index contributed by atoms with van der Waals surface area (Å²) in [5.41, 5.74) is 7.49. The van der Waals surface area contributed by atoms with Crippen molar-refractivity contribution in [2.24, 2.45) is 7.05 Å². The molecule has 0 atom stereocenters. The number of carbonyl (C=O) groups is 1. The van der Waals surface area contributed by atoms with Gasteiger partial charge < -0.3 is 15.6 Å². The van der Waals surface area contributed by atoms with Crippen molar-refractivity contribution in [3.8, 4) is 0 Å². The summed E-state index contributed by atoms with van der Waals surface area (Å²) in [6.07, 6.45) is 4.85. The van der Waals surface area contributed by atoms with Gasteiger partial charge in [-0.2, -0.15) is 0 Å². The van der Waals surface area contributed by atoms with Crippen molar-refractivity contribution in [2.75, 3.05) is 11.1 Å². The second-order valence-corrected chi connectivity index (χ2v) is 4.44. The molecular weight excluding hydrogens is 254 g/mol. The van der Waals surface area contributed by atoms with Crippen molar-refractivity contribution in [2.45, 2.75) is 0 Å². The van der Waals surface area contributed by atoms with Gasteiger partial charge in [0.25, 0.3) is 5.91 Å². The highest BCUT2D eigenvalue weighted by molar-refractivity contribution is 6.06. The number of nitrogen functional groups attached to an aromatic ring is 1. The second kappa shape index (κ2) is 4.65. The van der Waals surface area contributed by atoms with Crippen LogP contribution in [0.5, 0.6) is 0 Å². The van der Waals surface area contributed by atoms with Gasteiger partial charge in [0, 0.05) is 36.8 Å². The predicted molar refractivity (Wildman–Crippen MR) is 77.3 cm³/mol. The van der Waals surface area contributed by atoms with Gasteiger partial charge in [0.15, 0.2) is 11.5 Å². The average Bonchev–Trinajstić information content (AvgIpc) is 2.81. The molecule has 2 aromatic heterocycles. The minimum Gasteiger partial charge on any atom is -0.382 e. The van der Waals surface area contributed by atoms with Crippen molar-refractivity contribution >= 4 is 28.3 Å². The van der Waals surface area contributed by atoms with Crippen LogP contribution in [-0.2, 0) is 7.05 Å². The van der Waals surface area contributed by atoms with Crippen LogP contribution in [0.4, 0.5) is 11.5 Å². The lowest BCUT2D eigenvalue weighted by Gasteiger charge is -2.06. The van der Waals surface area contributed by atoms with Crippen LogP contribution in [0.1, 0.15) is 10.5 Å². The lowest BCUT2D eigenvalue weighted by molar-refractivity contribution is 0.102. The third-order valence-electron chi connectivity index (χ3n) is 3.09. The minimum absolute atomic E-state index is 0.116. The van der Waals surface area contributed by atoms with Gasteiger partial charge in [0.2, 0.25) is 0 Å². The molecule has 0 fully saturated rings. The maximum atomic E-state index is 12.1. The summed E-state index contributed by atoms with van der Waals surface area (Å²) in [7, 11) is 1.95. The van der Waals surface area contributed by atoms with Gasteiger partial charge in [-0.05, 0) is 23.6 Å². The summed E-state index contributed by atoms with van der Waals surface area (Å²) in [5.74, 6) is -0.255. The molecule has 0 radical (unpaired) electrons. The van der Waals surface area contributed by atoms with Gasteiger partial charge in [0.1, 0.15) is 0 Å². The first-order chi connectivity index (χ1) is 9.65. The Morgan fingerprint density at radius 2 is 2.05 bits per heavy atom. The number of amides is 1. The van der Waals surface area contributed by atoms with Crippen LogP contribution in [0.2, 0.25) is 0 Å². The molecule has 3 aromatic rings. The van der Waals surface area contributed by atoms with Crippen LogP contribution in [-0.4, -0.2) is 20.4 Å². The zero-order valence-electron chi connectivity index (χ0n) is 10.9. The zero-order valence-corrected chi connectivity index (χ0v) is 10.9. The number of nitrogens with zero attached hydrogens (tertiary/aromatic N) is 3. The highest BCUT2D eigenvalue weighted by atomic mass is 16.1. The van der Waals surface area contributed by atoms with Crippen molar-refractivity contribution in [1.29, 1.82) is 0 Å². The molecule has 0 aliphatic rings. The molecule has 0 unspecified atom stereocenters. The highest BCUT2D eigenvalue weighted by Gasteiger charge is 2.12. The lowest BCUT2D eigenvalue weighted by atomic mass is 10.2. The van der Waals surface area contributed by atoms with Gasteiger partial charge in [-0.15, -0.1) is 0 Å². The Kier molecular flexibility index (Phi) is 2.83. The molecule has 1 aromatic carbocycles. The zero-order chi connectivity index (χ0) is 14.1. The van der Waals surface area contributed by atoms with E-state index in [1.807, 2.05) is 42.1 Å². The number of fused-ring (bicyclic) bond motifs is 1. The van der Waals surface area contributed by atoms with E-state index in [2.05, 4.69) is 15.3 Å². The summed E-state index contributed by atoms with van der Waals surface area (Å²) in [6.45, 7) is 0. The molecule has 3 rings (SSSR count). The predicted octanol–water partition coefficient (Wildman–Crippen LogP) is 1.80. The Morgan fingerprint density at radius 1 is 1.25 bits per heavy atom.